The Kier molecular flexibility index (Phi) is 3.78. The van der Waals surface area contributed by atoms with Gasteiger partial charge in [-0.2, -0.15) is 0 Å². The van der Waals surface area contributed by atoms with Gasteiger partial charge in [-0.3, -0.25) is 4.79 Å². The Balaban J connectivity index is 2.42. The van der Waals surface area contributed by atoms with Crippen LogP contribution in [-0.2, 0) is 4.79 Å². The molecule has 0 unspecified atom stereocenters. The Morgan fingerprint density at radius 1 is 1.56 bits per heavy atom. The summed E-state index contributed by atoms with van der Waals surface area (Å²) in [6.07, 6.45) is 7.23. The Hall–Kier alpha value is -1.70. The number of carboxylic acids is 1. The van der Waals surface area contributed by atoms with E-state index in [9.17, 15) is 9.59 Å². The monoisotopic (exact) mass is 224 g/mol. The van der Waals surface area contributed by atoms with Crippen molar-refractivity contribution in [2.45, 2.75) is 19.3 Å². The summed E-state index contributed by atoms with van der Waals surface area (Å²) in [7, 11) is 1.57. The normalized spacial score (nSPS) is 16.8. The van der Waals surface area contributed by atoms with Crippen LogP contribution in [0, 0.1) is 17.8 Å². The van der Waals surface area contributed by atoms with E-state index in [0.29, 0.717) is 12.8 Å². The number of hydrogen-bond donors (Lipinski definition) is 2. The Morgan fingerprint density at radius 3 is 2.56 bits per heavy atom. The van der Waals surface area contributed by atoms with Crippen molar-refractivity contribution in [3.05, 3.63) is 0 Å². The highest BCUT2D eigenvalue weighted by Crippen LogP contribution is 2.40. The molecule has 88 valence electrons. The first-order valence-electron chi connectivity index (χ1n) is 5.18. The van der Waals surface area contributed by atoms with Gasteiger partial charge < -0.3 is 15.3 Å². The number of carboxylic acid groups (broad SMARTS) is 1. The van der Waals surface area contributed by atoms with Gasteiger partial charge in [0.2, 0.25) is 0 Å². The minimum absolute atomic E-state index is 0.177. The van der Waals surface area contributed by atoms with Crippen LogP contribution in [0.3, 0.4) is 0 Å². The highest BCUT2D eigenvalue weighted by Gasteiger charge is 2.44. The number of carbonyl (C=O) groups excluding carboxylic acids is 1. The van der Waals surface area contributed by atoms with E-state index in [4.69, 9.17) is 11.5 Å². The van der Waals surface area contributed by atoms with Crippen LogP contribution in [0.15, 0.2) is 0 Å². The molecule has 0 aliphatic heterocycles. The number of carbonyl (C=O) groups is 2. The van der Waals surface area contributed by atoms with Gasteiger partial charge in [-0.05, 0) is 12.8 Å². The molecule has 0 atom stereocenters. The number of hydrogen-bond acceptors (Lipinski definition) is 2. The molecule has 5 heteroatoms. The molecule has 2 N–H and O–H groups in total. The number of amides is 2. The first kappa shape index (κ1) is 12.4. The average molecular weight is 224 g/mol. The number of nitrogens with zero attached hydrogens (tertiary/aromatic N) is 1. The molecule has 1 saturated carbocycles. The zero-order valence-electron chi connectivity index (χ0n) is 9.32. The van der Waals surface area contributed by atoms with Gasteiger partial charge in [-0.15, -0.1) is 6.42 Å². The summed E-state index contributed by atoms with van der Waals surface area (Å²) in [5.41, 5.74) is -0.757. The van der Waals surface area contributed by atoms with Crippen LogP contribution in [0.25, 0.3) is 0 Å². The lowest BCUT2D eigenvalue weighted by Gasteiger charge is -2.37. The van der Waals surface area contributed by atoms with Crippen molar-refractivity contribution in [1.82, 2.24) is 10.2 Å². The fourth-order valence-corrected chi connectivity index (χ4v) is 1.66. The molecule has 1 aliphatic rings. The third-order valence-electron chi connectivity index (χ3n) is 3.02. The van der Waals surface area contributed by atoms with Crippen LogP contribution < -0.4 is 5.32 Å². The summed E-state index contributed by atoms with van der Waals surface area (Å²) in [6, 6.07) is -0.328. The molecular weight excluding hydrogens is 208 g/mol. The van der Waals surface area contributed by atoms with Gasteiger partial charge in [0, 0.05) is 13.6 Å². The molecule has 5 nitrogen and oxygen atoms in total. The van der Waals surface area contributed by atoms with Crippen LogP contribution >= 0.6 is 0 Å². The van der Waals surface area contributed by atoms with E-state index in [0.717, 1.165) is 6.42 Å². The van der Waals surface area contributed by atoms with Crippen LogP contribution in [0.4, 0.5) is 4.79 Å². The van der Waals surface area contributed by atoms with E-state index < -0.39 is 11.4 Å². The maximum absolute atomic E-state index is 11.5. The SMILES string of the molecule is C#CCN(C)C(=O)NCC1(C(=O)O)CCC1. The second-order valence-electron chi connectivity index (χ2n) is 4.16. The number of aliphatic carboxylic acids is 1. The van der Waals surface area contributed by atoms with Crippen molar-refractivity contribution in [2.24, 2.45) is 5.41 Å². The largest absolute Gasteiger partial charge is 0.481 e. The van der Waals surface area contributed by atoms with Crippen LogP contribution in [-0.4, -0.2) is 42.1 Å². The van der Waals surface area contributed by atoms with E-state index >= 15 is 0 Å². The molecule has 1 rings (SSSR count). The van der Waals surface area contributed by atoms with Crippen molar-refractivity contribution in [3.8, 4) is 12.3 Å². The summed E-state index contributed by atoms with van der Waals surface area (Å²) < 4.78 is 0. The van der Waals surface area contributed by atoms with Crippen LogP contribution in [0.5, 0.6) is 0 Å². The molecule has 0 saturated heterocycles. The quantitative estimate of drug-likeness (QED) is 0.684. The number of terminal acetylenes is 1. The molecule has 0 aromatic carbocycles. The van der Waals surface area contributed by atoms with Crippen LogP contribution in [0.2, 0.25) is 0 Å². The number of urea groups is 1. The summed E-state index contributed by atoms with van der Waals surface area (Å²) in [4.78, 5) is 23.8. The summed E-state index contributed by atoms with van der Waals surface area (Å²) in [5.74, 6) is 1.51. The molecule has 0 heterocycles. The second-order valence-corrected chi connectivity index (χ2v) is 4.16. The van der Waals surface area contributed by atoms with Crippen LogP contribution in [0.1, 0.15) is 19.3 Å². The van der Waals surface area contributed by atoms with Gasteiger partial charge >= 0.3 is 12.0 Å². The van der Waals surface area contributed by atoms with Crippen molar-refractivity contribution < 1.29 is 14.7 Å². The van der Waals surface area contributed by atoms with Gasteiger partial charge in [-0.25, -0.2) is 4.79 Å². The Morgan fingerprint density at radius 2 is 2.19 bits per heavy atom. The van der Waals surface area contributed by atoms with E-state index in [2.05, 4.69) is 11.2 Å². The standard InChI is InChI=1S/C11H16N2O3/c1-3-7-13(2)10(16)12-8-11(9(14)15)5-4-6-11/h1H,4-8H2,2H3,(H,12,16)(H,14,15). The first-order chi connectivity index (χ1) is 7.52. The summed E-state index contributed by atoms with van der Waals surface area (Å²) in [5, 5.41) is 11.6. The average Bonchev–Trinajstić information content (AvgIpc) is 2.15. The van der Waals surface area contributed by atoms with Gasteiger partial charge in [0.05, 0.1) is 12.0 Å². The molecule has 1 fully saturated rings. The van der Waals surface area contributed by atoms with Gasteiger partial charge in [0.25, 0.3) is 0 Å². The topological polar surface area (TPSA) is 69.6 Å². The second kappa shape index (κ2) is 4.88. The number of nitrogens with one attached hydrogen (secondary N) is 1. The summed E-state index contributed by atoms with van der Waals surface area (Å²) in [6.45, 7) is 0.391. The minimum Gasteiger partial charge on any atom is -0.481 e. The lowest BCUT2D eigenvalue weighted by molar-refractivity contribution is -0.153. The molecular formula is C11H16N2O3. The minimum atomic E-state index is -0.835. The maximum Gasteiger partial charge on any atom is 0.317 e. The molecule has 0 aromatic rings. The molecule has 16 heavy (non-hydrogen) atoms. The highest BCUT2D eigenvalue weighted by molar-refractivity contribution is 5.78. The molecule has 2 amide bonds. The van der Waals surface area contributed by atoms with E-state index in [-0.39, 0.29) is 19.1 Å². The third-order valence-corrected chi connectivity index (χ3v) is 3.02. The Bertz CT molecular complexity index is 329. The highest BCUT2D eigenvalue weighted by atomic mass is 16.4. The molecule has 0 aromatic heterocycles. The number of rotatable bonds is 4. The third kappa shape index (κ3) is 2.45. The van der Waals surface area contributed by atoms with E-state index in [1.165, 1.54) is 4.90 Å². The van der Waals surface area contributed by atoms with Crippen molar-refractivity contribution in [3.63, 3.8) is 0 Å². The fourth-order valence-electron chi connectivity index (χ4n) is 1.66. The molecule has 0 bridgehead atoms. The predicted molar refractivity (Wildman–Crippen MR) is 58.8 cm³/mol. The van der Waals surface area contributed by atoms with E-state index in [1.807, 2.05) is 0 Å². The lowest BCUT2D eigenvalue weighted by Crippen LogP contribution is -2.50. The van der Waals surface area contributed by atoms with Gasteiger partial charge in [-0.1, -0.05) is 12.3 Å². The van der Waals surface area contributed by atoms with Crippen molar-refractivity contribution >= 4 is 12.0 Å². The van der Waals surface area contributed by atoms with E-state index in [1.54, 1.807) is 7.05 Å². The molecule has 0 radical (unpaired) electrons. The molecule has 1 aliphatic carbocycles. The smallest absolute Gasteiger partial charge is 0.317 e. The predicted octanol–water partition coefficient (Wildman–Crippen LogP) is 0.516. The van der Waals surface area contributed by atoms with Crippen molar-refractivity contribution in [1.29, 1.82) is 0 Å². The fraction of sp³-hybridized carbons (Fsp3) is 0.636. The Labute approximate surface area is 94.8 Å². The lowest BCUT2D eigenvalue weighted by atomic mass is 9.69. The molecule has 0 spiro atoms. The van der Waals surface area contributed by atoms with Crippen molar-refractivity contribution in [2.75, 3.05) is 20.1 Å². The maximum atomic E-state index is 11.5. The zero-order valence-corrected chi connectivity index (χ0v) is 9.32. The van der Waals surface area contributed by atoms with Gasteiger partial charge in [0.15, 0.2) is 0 Å². The zero-order chi connectivity index (χ0) is 12.2. The first-order valence-corrected chi connectivity index (χ1v) is 5.18. The summed E-state index contributed by atoms with van der Waals surface area (Å²) >= 11 is 0. The van der Waals surface area contributed by atoms with Gasteiger partial charge in [0.1, 0.15) is 0 Å².